The summed E-state index contributed by atoms with van der Waals surface area (Å²) in [4.78, 5) is 18.9. The Morgan fingerprint density at radius 2 is 1.73 bits per heavy atom. The lowest BCUT2D eigenvalue weighted by molar-refractivity contribution is 0.0784. The highest BCUT2D eigenvalue weighted by Crippen LogP contribution is 2.33. The summed E-state index contributed by atoms with van der Waals surface area (Å²) in [6.07, 6.45) is 11.5. The normalized spacial score (nSPS) is 23.5. The van der Waals surface area contributed by atoms with Crippen molar-refractivity contribution >= 4 is 5.91 Å². The highest BCUT2D eigenvalue weighted by Gasteiger charge is 2.35. The molecule has 1 amide bonds. The number of nitrogens with zero attached hydrogens (tertiary/aromatic N) is 5. The minimum Gasteiger partial charge on any atom is -0.338 e. The fourth-order valence-electron chi connectivity index (χ4n) is 3.35. The van der Waals surface area contributed by atoms with Crippen molar-refractivity contribution in [1.29, 1.82) is 0 Å². The number of allylic oxidation sites excluding steroid dienone is 2. The maximum absolute atomic E-state index is 12.6. The Kier molecular flexibility index (Phi) is 3.21. The van der Waals surface area contributed by atoms with Crippen molar-refractivity contribution in [2.24, 2.45) is 11.8 Å². The summed E-state index contributed by atoms with van der Waals surface area (Å²) in [5.74, 6) is 2.04. The van der Waals surface area contributed by atoms with Gasteiger partial charge in [-0.2, -0.15) is 0 Å². The minimum atomic E-state index is 0.0807. The van der Waals surface area contributed by atoms with E-state index in [-0.39, 0.29) is 5.91 Å². The first-order valence-corrected chi connectivity index (χ1v) is 7.56. The van der Waals surface area contributed by atoms with Crippen molar-refractivity contribution in [2.45, 2.75) is 12.8 Å². The van der Waals surface area contributed by atoms with Gasteiger partial charge in [-0.25, -0.2) is 4.98 Å². The van der Waals surface area contributed by atoms with Crippen LogP contribution in [0.3, 0.4) is 0 Å². The first kappa shape index (κ1) is 13.2. The van der Waals surface area contributed by atoms with Gasteiger partial charge in [-0.3, -0.25) is 9.36 Å². The summed E-state index contributed by atoms with van der Waals surface area (Å²) in [5, 5.41) is 7.50. The van der Waals surface area contributed by atoms with Crippen molar-refractivity contribution < 1.29 is 4.79 Å². The molecule has 0 radical (unpaired) electrons. The van der Waals surface area contributed by atoms with E-state index >= 15 is 0 Å². The van der Waals surface area contributed by atoms with Crippen molar-refractivity contribution in [3.63, 3.8) is 0 Å². The van der Waals surface area contributed by atoms with Gasteiger partial charge in [0.1, 0.15) is 18.5 Å². The molecule has 22 heavy (non-hydrogen) atoms. The quantitative estimate of drug-likeness (QED) is 0.791. The minimum absolute atomic E-state index is 0.0807. The predicted molar refractivity (Wildman–Crippen MR) is 80.4 cm³/mol. The molecule has 1 saturated heterocycles. The number of pyridine rings is 1. The number of amides is 1. The molecular weight excluding hydrogens is 278 g/mol. The first-order valence-electron chi connectivity index (χ1n) is 7.56. The van der Waals surface area contributed by atoms with Gasteiger partial charge in [-0.05, 0) is 36.8 Å². The van der Waals surface area contributed by atoms with Gasteiger partial charge in [0.25, 0.3) is 5.91 Å². The monoisotopic (exact) mass is 295 g/mol. The summed E-state index contributed by atoms with van der Waals surface area (Å²) in [7, 11) is 0. The number of fused-ring (bicyclic) bond motifs is 1. The fraction of sp³-hybridized carbons (Fsp3) is 0.375. The Morgan fingerprint density at radius 1 is 1.05 bits per heavy atom. The van der Waals surface area contributed by atoms with Crippen LogP contribution in [0.4, 0.5) is 0 Å². The number of hydrogen-bond acceptors (Lipinski definition) is 4. The lowest BCUT2D eigenvalue weighted by atomic mass is 9.86. The van der Waals surface area contributed by atoms with Gasteiger partial charge >= 0.3 is 0 Å². The molecule has 1 fully saturated rings. The Labute approximate surface area is 128 Å². The molecule has 0 saturated carbocycles. The van der Waals surface area contributed by atoms with Crippen LogP contribution < -0.4 is 0 Å². The van der Waals surface area contributed by atoms with Gasteiger partial charge in [0, 0.05) is 19.3 Å². The molecule has 4 rings (SSSR count). The molecule has 2 aromatic rings. The van der Waals surface area contributed by atoms with Gasteiger partial charge in [0.15, 0.2) is 0 Å². The van der Waals surface area contributed by atoms with Crippen molar-refractivity contribution in [3.05, 3.63) is 48.7 Å². The van der Waals surface area contributed by atoms with Crippen molar-refractivity contribution in [1.82, 2.24) is 24.6 Å². The van der Waals surface area contributed by atoms with E-state index in [2.05, 4.69) is 27.3 Å². The largest absolute Gasteiger partial charge is 0.338 e. The Bertz CT molecular complexity index is 676. The number of aromatic nitrogens is 4. The lowest BCUT2D eigenvalue weighted by Gasteiger charge is -2.17. The maximum Gasteiger partial charge on any atom is 0.255 e. The summed E-state index contributed by atoms with van der Waals surface area (Å²) < 4.78 is 1.71. The summed E-state index contributed by atoms with van der Waals surface area (Å²) in [5.41, 5.74) is 0.642. The number of hydrogen-bond donors (Lipinski definition) is 0. The molecule has 0 bridgehead atoms. The zero-order chi connectivity index (χ0) is 14.9. The van der Waals surface area contributed by atoms with Crippen LogP contribution in [0.1, 0.15) is 23.2 Å². The van der Waals surface area contributed by atoms with E-state index in [1.807, 2.05) is 17.0 Å². The van der Waals surface area contributed by atoms with Crippen LogP contribution in [-0.2, 0) is 0 Å². The van der Waals surface area contributed by atoms with E-state index in [4.69, 9.17) is 0 Å². The van der Waals surface area contributed by atoms with Gasteiger partial charge in [-0.15, -0.1) is 10.2 Å². The van der Waals surface area contributed by atoms with E-state index < -0.39 is 0 Å². The topological polar surface area (TPSA) is 63.9 Å². The average Bonchev–Trinajstić information content (AvgIpc) is 3.23. The summed E-state index contributed by atoms with van der Waals surface area (Å²) >= 11 is 0. The van der Waals surface area contributed by atoms with Crippen molar-refractivity contribution in [2.75, 3.05) is 13.1 Å². The standard InChI is InChI=1S/C16H17N5O/c22-16(20-8-13-3-1-2-4-14(13)9-20)12-5-6-15(17-7-12)21-10-18-19-11-21/h1-2,5-7,10-11,13-14H,3-4,8-9H2/t13-,14+. The lowest BCUT2D eigenvalue weighted by Crippen LogP contribution is -2.29. The molecule has 0 N–H and O–H groups in total. The van der Waals surface area contributed by atoms with E-state index in [0.717, 1.165) is 25.9 Å². The Morgan fingerprint density at radius 3 is 2.32 bits per heavy atom. The molecule has 6 heteroatoms. The summed E-state index contributed by atoms with van der Waals surface area (Å²) in [6.45, 7) is 1.72. The smallest absolute Gasteiger partial charge is 0.255 e. The maximum atomic E-state index is 12.6. The third kappa shape index (κ3) is 2.30. The van der Waals surface area contributed by atoms with Gasteiger partial charge in [0.05, 0.1) is 5.56 Å². The van der Waals surface area contributed by atoms with Crippen LogP contribution in [0, 0.1) is 11.8 Å². The SMILES string of the molecule is O=C(c1ccc(-n2cnnc2)nc1)N1C[C@H]2CC=CC[C@H]2C1. The molecule has 1 aliphatic carbocycles. The average molecular weight is 295 g/mol. The third-order valence-electron chi connectivity index (χ3n) is 4.59. The zero-order valence-corrected chi connectivity index (χ0v) is 12.2. The predicted octanol–water partition coefficient (Wildman–Crippen LogP) is 1.70. The number of carbonyl (C=O) groups excluding carboxylic acids is 1. The van der Waals surface area contributed by atoms with Crippen LogP contribution in [0.2, 0.25) is 0 Å². The molecule has 0 unspecified atom stereocenters. The molecule has 6 nitrogen and oxygen atoms in total. The first-order chi connectivity index (χ1) is 10.8. The highest BCUT2D eigenvalue weighted by atomic mass is 16.2. The molecule has 112 valence electrons. The van der Waals surface area contributed by atoms with Crippen LogP contribution in [-0.4, -0.2) is 43.6 Å². The van der Waals surface area contributed by atoms with Gasteiger partial charge in [0.2, 0.25) is 0 Å². The molecule has 2 atom stereocenters. The van der Waals surface area contributed by atoms with Crippen LogP contribution >= 0.6 is 0 Å². The van der Waals surface area contributed by atoms with Crippen LogP contribution in [0.15, 0.2) is 43.1 Å². The Balaban J connectivity index is 1.49. The fourth-order valence-corrected chi connectivity index (χ4v) is 3.35. The van der Waals surface area contributed by atoms with E-state index in [9.17, 15) is 4.79 Å². The third-order valence-corrected chi connectivity index (χ3v) is 4.59. The van der Waals surface area contributed by atoms with Crippen molar-refractivity contribution in [3.8, 4) is 5.82 Å². The van der Waals surface area contributed by atoms with E-state index in [0.29, 0.717) is 23.2 Å². The van der Waals surface area contributed by atoms with Crippen LogP contribution in [0.25, 0.3) is 5.82 Å². The molecular formula is C16H17N5O. The van der Waals surface area contributed by atoms with E-state index in [1.165, 1.54) is 0 Å². The molecule has 0 aromatic carbocycles. The molecule has 3 heterocycles. The van der Waals surface area contributed by atoms with Crippen LogP contribution in [0.5, 0.6) is 0 Å². The molecule has 1 aliphatic heterocycles. The Hall–Kier alpha value is -2.50. The second-order valence-corrected chi connectivity index (χ2v) is 5.95. The molecule has 2 aliphatic rings. The van der Waals surface area contributed by atoms with Gasteiger partial charge < -0.3 is 4.90 Å². The number of likely N-dealkylation sites (tertiary alicyclic amines) is 1. The number of carbonyl (C=O) groups is 1. The van der Waals surface area contributed by atoms with E-state index in [1.54, 1.807) is 23.4 Å². The molecule has 0 spiro atoms. The highest BCUT2D eigenvalue weighted by molar-refractivity contribution is 5.94. The summed E-state index contributed by atoms with van der Waals surface area (Å²) in [6, 6.07) is 3.65. The second-order valence-electron chi connectivity index (χ2n) is 5.95. The molecule has 2 aromatic heterocycles. The number of rotatable bonds is 2. The zero-order valence-electron chi connectivity index (χ0n) is 12.2. The second kappa shape index (κ2) is 5.36. The van der Waals surface area contributed by atoms with Gasteiger partial charge in [-0.1, -0.05) is 12.2 Å².